The molecule has 0 bridgehead atoms. The largest absolute Gasteiger partial charge is 0.469 e. The summed E-state index contributed by atoms with van der Waals surface area (Å²) in [6.07, 6.45) is 2.59. The highest BCUT2D eigenvalue weighted by Gasteiger charge is 2.22. The van der Waals surface area contributed by atoms with Crippen molar-refractivity contribution in [1.82, 2.24) is 10.2 Å². The van der Waals surface area contributed by atoms with Crippen LogP contribution in [0.2, 0.25) is 0 Å². The van der Waals surface area contributed by atoms with Crippen LogP contribution < -0.4 is 10.5 Å². The van der Waals surface area contributed by atoms with Crippen LogP contribution in [0.25, 0.3) is 0 Å². The minimum absolute atomic E-state index is 0.449. The van der Waals surface area contributed by atoms with Crippen molar-refractivity contribution in [3.8, 4) is 5.19 Å². The third-order valence-electron chi connectivity index (χ3n) is 1.76. The lowest BCUT2D eigenvalue weighted by Crippen LogP contribution is -1.97. The maximum atomic E-state index is 5.40. The molecule has 0 saturated heterocycles. The van der Waals surface area contributed by atoms with E-state index in [4.69, 9.17) is 10.5 Å². The molecule has 2 rings (SSSR count). The lowest BCUT2D eigenvalue weighted by atomic mass is 10.5. The van der Waals surface area contributed by atoms with Crippen molar-refractivity contribution in [3.63, 3.8) is 0 Å². The molecule has 1 aliphatic rings. The van der Waals surface area contributed by atoms with Crippen LogP contribution in [-0.2, 0) is 6.54 Å². The van der Waals surface area contributed by atoms with Crippen LogP contribution in [0, 0.1) is 5.92 Å². The first-order chi connectivity index (χ1) is 5.88. The fourth-order valence-corrected chi connectivity index (χ4v) is 1.43. The van der Waals surface area contributed by atoms with E-state index in [1.165, 1.54) is 24.2 Å². The molecule has 0 amide bonds. The van der Waals surface area contributed by atoms with Crippen molar-refractivity contribution in [1.29, 1.82) is 0 Å². The number of hydrogen-bond donors (Lipinski definition) is 1. The van der Waals surface area contributed by atoms with Crippen LogP contribution >= 0.6 is 11.3 Å². The molecular formula is C7H11N3OS. The second-order valence-corrected chi connectivity index (χ2v) is 3.94. The molecule has 1 aromatic heterocycles. The van der Waals surface area contributed by atoms with Crippen LogP contribution in [0.3, 0.4) is 0 Å². The van der Waals surface area contributed by atoms with Gasteiger partial charge in [0.15, 0.2) is 0 Å². The van der Waals surface area contributed by atoms with E-state index in [1.54, 1.807) is 0 Å². The summed E-state index contributed by atoms with van der Waals surface area (Å²) >= 11 is 1.43. The lowest BCUT2D eigenvalue weighted by Gasteiger charge is -1.96. The summed E-state index contributed by atoms with van der Waals surface area (Å²) in [5.41, 5.74) is 5.38. The molecule has 0 radical (unpaired) electrons. The van der Waals surface area contributed by atoms with Crippen LogP contribution in [0.15, 0.2) is 0 Å². The van der Waals surface area contributed by atoms with E-state index in [2.05, 4.69) is 10.2 Å². The normalized spacial score (nSPS) is 16.4. The SMILES string of the molecule is NCc1nnc(OCC2CC2)s1. The Labute approximate surface area is 74.8 Å². The van der Waals surface area contributed by atoms with Crippen molar-refractivity contribution in [3.05, 3.63) is 5.01 Å². The van der Waals surface area contributed by atoms with Gasteiger partial charge in [0, 0.05) is 6.54 Å². The number of ether oxygens (including phenoxy) is 1. The van der Waals surface area contributed by atoms with E-state index in [-0.39, 0.29) is 0 Å². The standard InChI is InChI=1S/C7H11N3OS/c8-3-6-9-10-7(12-6)11-4-5-1-2-5/h5H,1-4,8H2. The molecule has 1 saturated carbocycles. The fourth-order valence-electron chi connectivity index (χ4n) is 0.853. The van der Waals surface area contributed by atoms with Gasteiger partial charge in [0.1, 0.15) is 5.01 Å². The summed E-state index contributed by atoms with van der Waals surface area (Å²) in [6, 6.07) is 0. The second-order valence-electron chi connectivity index (χ2n) is 2.92. The van der Waals surface area contributed by atoms with Crippen LogP contribution in [-0.4, -0.2) is 16.8 Å². The molecule has 0 atom stereocenters. The van der Waals surface area contributed by atoms with Gasteiger partial charge < -0.3 is 10.5 Å². The Morgan fingerprint density at radius 2 is 2.33 bits per heavy atom. The molecule has 0 unspecified atom stereocenters. The van der Waals surface area contributed by atoms with Crippen molar-refractivity contribution in [2.75, 3.05) is 6.61 Å². The Bertz CT molecular complexity index is 259. The minimum Gasteiger partial charge on any atom is -0.469 e. The van der Waals surface area contributed by atoms with E-state index >= 15 is 0 Å². The highest BCUT2D eigenvalue weighted by Crippen LogP contribution is 2.30. The van der Waals surface area contributed by atoms with Gasteiger partial charge in [-0.1, -0.05) is 11.3 Å². The van der Waals surface area contributed by atoms with Gasteiger partial charge in [-0.3, -0.25) is 0 Å². The Morgan fingerprint density at radius 3 is 2.92 bits per heavy atom. The van der Waals surface area contributed by atoms with Gasteiger partial charge in [-0.25, -0.2) is 0 Å². The Kier molecular flexibility index (Phi) is 2.23. The second kappa shape index (κ2) is 3.37. The van der Waals surface area contributed by atoms with E-state index < -0.39 is 0 Å². The van der Waals surface area contributed by atoms with E-state index in [1.807, 2.05) is 0 Å². The summed E-state index contributed by atoms with van der Waals surface area (Å²) < 4.78 is 5.40. The van der Waals surface area contributed by atoms with Crippen molar-refractivity contribution in [2.45, 2.75) is 19.4 Å². The fraction of sp³-hybridized carbons (Fsp3) is 0.714. The molecular weight excluding hydrogens is 174 g/mol. The van der Waals surface area contributed by atoms with Crippen molar-refractivity contribution >= 4 is 11.3 Å². The average Bonchev–Trinajstić information content (AvgIpc) is 2.81. The molecule has 0 spiro atoms. The molecule has 66 valence electrons. The van der Waals surface area contributed by atoms with Crippen LogP contribution in [0.1, 0.15) is 17.8 Å². The summed E-state index contributed by atoms with van der Waals surface area (Å²) in [7, 11) is 0. The molecule has 1 heterocycles. The zero-order valence-electron chi connectivity index (χ0n) is 6.69. The van der Waals surface area contributed by atoms with Crippen LogP contribution in [0.4, 0.5) is 0 Å². The van der Waals surface area contributed by atoms with E-state index in [0.29, 0.717) is 11.7 Å². The number of nitrogens with zero attached hydrogens (tertiary/aromatic N) is 2. The Hall–Kier alpha value is -0.680. The molecule has 0 aliphatic heterocycles. The summed E-state index contributed by atoms with van der Waals surface area (Å²) in [6.45, 7) is 1.24. The first kappa shape index (κ1) is 7.94. The topological polar surface area (TPSA) is 61.0 Å². The molecule has 1 fully saturated rings. The molecule has 2 N–H and O–H groups in total. The minimum atomic E-state index is 0.449. The number of aromatic nitrogens is 2. The van der Waals surface area contributed by atoms with Gasteiger partial charge in [-0.15, -0.1) is 10.2 Å². The summed E-state index contributed by atoms with van der Waals surface area (Å²) in [5, 5.41) is 9.19. The molecule has 1 aromatic rings. The third kappa shape index (κ3) is 1.92. The average molecular weight is 185 g/mol. The quantitative estimate of drug-likeness (QED) is 0.753. The molecule has 12 heavy (non-hydrogen) atoms. The monoisotopic (exact) mass is 185 g/mol. The molecule has 0 aromatic carbocycles. The Balaban J connectivity index is 1.84. The zero-order valence-corrected chi connectivity index (χ0v) is 7.51. The van der Waals surface area contributed by atoms with Crippen molar-refractivity contribution < 1.29 is 4.74 Å². The molecule has 1 aliphatic carbocycles. The van der Waals surface area contributed by atoms with Gasteiger partial charge in [0.05, 0.1) is 6.61 Å². The van der Waals surface area contributed by atoms with Gasteiger partial charge >= 0.3 is 0 Å². The first-order valence-electron chi connectivity index (χ1n) is 4.03. The van der Waals surface area contributed by atoms with Gasteiger partial charge in [-0.2, -0.15) is 0 Å². The Morgan fingerprint density at radius 1 is 1.50 bits per heavy atom. The highest BCUT2D eigenvalue weighted by molar-refractivity contribution is 7.13. The highest BCUT2D eigenvalue weighted by atomic mass is 32.1. The van der Waals surface area contributed by atoms with E-state index in [0.717, 1.165) is 17.5 Å². The predicted octanol–water partition coefficient (Wildman–Crippen LogP) is 0.786. The maximum absolute atomic E-state index is 5.40. The van der Waals surface area contributed by atoms with E-state index in [9.17, 15) is 0 Å². The van der Waals surface area contributed by atoms with Crippen molar-refractivity contribution in [2.24, 2.45) is 11.7 Å². The number of rotatable bonds is 4. The number of hydrogen-bond acceptors (Lipinski definition) is 5. The maximum Gasteiger partial charge on any atom is 0.294 e. The smallest absolute Gasteiger partial charge is 0.294 e. The summed E-state index contributed by atoms with van der Waals surface area (Å²) in [5.74, 6) is 0.759. The van der Waals surface area contributed by atoms with Gasteiger partial charge in [0.2, 0.25) is 0 Å². The van der Waals surface area contributed by atoms with Crippen LogP contribution in [0.5, 0.6) is 5.19 Å². The zero-order chi connectivity index (χ0) is 8.39. The van der Waals surface area contributed by atoms with Gasteiger partial charge in [0.25, 0.3) is 5.19 Å². The molecule has 5 heteroatoms. The van der Waals surface area contributed by atoms with Gasteiger partial charge in [-0.05, 0) is 18.8 Å². The number of nitrogens with two attached hydrogens (primary N) is 1. The summed E-state index contributed by atoms with van der Waals surface area (Å²) in [4.78, 5) is 0. The first-order valence-corrected chi connectivity index (χ1v) is 4.85. The predicted molar refractivity (Wildman–Crippen MR) is 46.0 cm³/mol. The molecule has 4 nitrogen and oxygen atoms in total. The third-order valence-corrected chi connectivity index (χ3v) is 2.62. The lowest BCUT2D eigenvalue weighted by molar-refractivity contribution is 0.296.